The minimum atomic E-state index is -0.787. The van der Waals surface area contributed by atoms with Crippen molar-refractivity contribution in [1.82, 2.24) is 10.2 Å². The van der Waals surface area contributed by atoms with Crippen molar-refractivity contribution in [3.8, 4) is 0 Å². The Bertz CT molecular complexity index is 1180. The number of carbonyl (C=O) groups is 2. The standard InChI is InChI=1S/C28H30BrN3O4/c1-20(2)18-30-28(34)26(16-21-8-4-3-5-9-21)31(19-22-12-14-24(29)15-13-22)27(33)17-23-10-6-7-11-25(23)32(35)36/h3-15,20,26H,16-19H2,1-2H3,(H,30,34)/t26-/m1/s1. The largest absolute Gasteiger partial charge is 0.354 e. The second kappa shape index (κ2) is 13.0. The van der Waals surface area contributed by atoms with E-state index in [-0.39, 0.29) is 36.4 Å². The first kappa shape index (κ1) is 27.1. The molecule has 0 aromatic heterocycles. The molecule has 0 fully saturated rings. The zero-order chi connectivity index (χ0) is 26.1. The van der Waals surface area contributed by atoms with Gasteiger partial charge in [0.15, 0.2) is 0 Å². The van der Waals surface area contributed by atoms with Gasteiger partial charge in [-0.2, -0.15) is 0 Å². The van der Waals surface area contributed by atoms with E-state index in [1.54, 1.807) is 23.1 Å². The summed E-state index contributed by atoms with van der Waals surface area (Å²) >= 11 is 3.43. The lowest BCUT2D eigenvalue weighted by Gasteiger charge is -2.32. The maximum Gasteiger partial charge on any atom is 0.273 e. The number of rotatable bonds is 11. The van der Waals surface area contributed by atoms with Crippen LogP contribution < -0.4 is 5.32 Å². The van der Waals surface area contributed by atoms with Crippen molar-refractivity contribution >= 4 is 33.4 Å². The Morgan fingerprint density at radius 3 is 2.22 bits per heavy atom. The van der Waals surface area contributed by atoms with E-state index in [1.165, 1.54) is 6.07 Å². The van der Waals surface area contributed by atoms with E-state index in [4.69, 9.17) is 0 Å². The molecule has 0 aliphatic heterocycles. The fraction of sp³-hybridized carbons (Fsp3) is 0.286. The first-order valence-corrected chi connectivity index (χ1v) is 12.6. The molecule has 0 saturated carbocycles. The molecule has 188 valence electrons. The quantitative estimate of drug-likeness (QED) is 0.258. The van der Waals surface area contributed by atoms with Crippen LogP contribution in [0, 0.1) is 16.0 Å². The lowest BCUT2D eigenvalue weighted by Crippen LogP contribution is -2.51. The predicted octanol–water partition coefficient (Wildman–Crippen LogP) is 5.31. The van der Waals surface area contributed by atoms with Crippen LogP contribution in [0.15, 0.2) is 83.3 Å². The van der Waals surface area contributed by atoms with Gasteiger partial charge in [0, 0.05) is 35.6 Å². The van der Waals surface area contributed by atoms with Crippen molar-refractivity contribution in [2.75, 3.05) is 6.54 Å². The summed E-state index contributed by atoms with van der Waals surface area (Å²) in [6.45, 7) is 4.69. The number of halogens is 1. The molecule has 0 bridgehead atoms. The normalized spacial score (nSPS) is 11.7. The van der Waals surface area contributed by atoms with Crippen molar-refractivity contribution in [1.29, 1.82) is 0 Å². The van der Waals surface area contributed by atoms with Crippen LogP contribution in [0.3, 0.4) is 0 Å². The van der Waals surface area contributed by atoms with Gasteiger partial charge in [-0.15, -0.1) is 0 Å². The summed E-state index contributed by atoms with van der Waals surface area (Å²) in [6.07, 6.45) is 0.139. The second-order valence-corrected chi connectivity index (χ2v) is 9.97. The number of nitro benzene ring substituents is 1. The highest BCUT2D eigenvalue weighted by atomic mass is 79.9. The number of nitrogens with one attached hydrogen (secondary N) is 1. The third kappa shape index (κ3) is 7.75. The number of carbonyl (C=O) groups excluding carboxylic acids is 2. The molecule has 0 radical (unpaired) electrons. The van der Waals surface area contributed by atoms with Gasteiger partial charge in [-0.05, 0) is 29.2 Å². The summed E-state index contributed by atoms with van der Waals surface area (Å²) in [4.78, 5) is 39.8. The molecule has 0 unspecified atom stereocenters. The number of amides is 2. The van der Waals surface area contributed by atoms with Gasteiger partial charge >= 0.3 is 0 Å². The Morgan fingerprint density at radius 1 is 0.944 bits per heavy atom. The second-order valence-electron chi connectivity index (χ2n) is 9.06. The highest BCUT2D eigenvalue weighted by Gasteiger charge is 2.31. The molecule has 0 spiro atoms. The number of benzene rings is 3. The average Bonchev–Trinajstić information content (AvgIpc) is 2.86. The molecule has 2 amide bonds. The van der Waals surface area contributed by atoms with Crippen molar-refractivity contribution < 1.29 is 14.5 Å². The first-order chi connectivity index (χ1) is 17.2. The fourth-order valence-electron chi connectivity index (χ4n) is 3.87. The maximum atomic E-state index is 13.7. The molecule has 3 aromatic carbocycles. The van der Waals surface area contributed by atoms with Gasteiger partial charge in [0.1, 0.15) is 6.04 Å². The van der Waals surface area contributed by atoms with Gasteiger partial charge in [0.25, 0.3) is 5.69 Å². The molecular formula is C28H30BrN3O4. The minimum Gasteiger partial charge on any atom is -0.354 e. The van der Waals surface area contributed by atoms with Crippen LogP contribution >= 0.6 is 15.9 Å². The minimum absolute atomic E-state index is 0.113. The SMILES string of the molecule is CC(C)CNC(=O)[C@@H](Cc1ccccc1)N(Cc1ccc(Br)cc1)C(=O)Cc1ccccc1[N+](=O)[O-]. The molecule has 3 aromatic rings. The summed E-state index contributed by atoms with van der Waals surface area (Å²) in [6, 6.07) is 22.5. The maximum absolute atomic E-state index is 13.7. The van der Waals surface area contributed by atoms with E-state index in [0.29, 0.717) is 18.5 Å². The summed E-state index contributed by atoms with van der Waals surface area (Å²) in [7, 11) is 0. The van der Waals surface area contributed by atoms with Crippen molar-refractivity contribution in [2.45, 2.75) is 39.3 Å². The smallest absolute Gasteiger partial charge is 0.273 e. The molecule has 0 heterocycles. The molecule has 36 heavy (non-hydrogen) atoms. The number of hydrogen-bond acceptors (Lipinski definition) is 4. The van der Waals surface area contributed by atoms with Crippen LogP contribution in [0.25, 0.3) is 0 Å². The van der Waals surface area contributed by atoms with Gasteiger partial charge in [-0.1, -0.05) is 90.4 Å². The molecule has 3 rings (SSSR count). The highest BCUT2D eigenvalue weighted by Crippen LogP contribution is 2.22. The van der Waals surface area contributed by atoms with Crippen molar-refractivity contribution in [3.63, 3.8) is 0 Å². The number of nitrogens with zero attached hydrogens (tertiary/aromatic N) is 2. The number of nitro groups is 1. The predicted molar refractivity (Wildman–Crippen MR) is 143 cm³/mol. The number of para-hydroxylation sites is 1. The van der Waals surface area contributed by atoms with Gasteiger partial charge in [0.2, 0.25) is 11.8 Å². The number of hydrogen-bond donors (Lipinski definition) is 1. The van der Waals surface area contributed by atoms with Gasteiger partial charge < -0.3 is 10.2 Å². The Morgan fingerprint density at radius 2 is 1.58 bits per heavy atom. The third-order valence-electron chi connectivity index (χ3n) is 5.75. The summed E-state index contributed by atoms with van der Waals surface area (Å²) in [5, 5.41) is 14.5. The average molecular weight is 552 g/mol. The van der Waals surface area contributed by atoms with Crippen LogP contribution in [-0.4, -0.2) is 34.2 Å². The Hall–Kier alpha value is -3.52. The highest BCUT2D eigenvalue weighted by molar-refractivity contribution is 9.10. The monoisotopic (exact) mass is 551 g/mol. The summed E-state index contributed by atoms with van der Waals surface area (Å²) in [5.41, 5.74) is 1.97. The van der Waals surface area contributed by atoms with E-state index in [2.05, 4.69) is 21.2 Å². The molecule has 0 saturated heterocycles. The van der Waals surface area contributed by atoms with Gasteiger partial charge in [-0.25, -0.2) is 0 Å². The molecule has 0 aliphatic rings. The van der Waals surface area contributed by atoms with Gasteiger partial charge in [0.05, 0.1) is 11.3 Å². The lowest BCUT2D eigenvalue weighted by atomic mass is 10.0. The van der Waals surface area contributed by atoms with Crippen molar-refractivity contribution in [2.24, 2.45) is 5.92 Å². The van der Waals surface area contributed by atoms with Gasteiger partial charge in [-0.3, -0.25) is 19.7 Å². The van der Waals surface area contributed by atoms with Crippen molar-refractivity contribution in [3.05, 3.63) is 110 Å². The molecular weight excluding hydrogens is 522 g/mol. The molecule has 1 N–H and O–H groups in total. The van der Waals surface area contributed by atoms with E-state index < -0.39 is 11.0 Å². The zero-order valence-corrected chi connectivity index (χ0v) is 22.0. The first-order valence-electron chi connectivity index (χ1n) is 11.8. The molecule has 1 atom stereocenters. The van der Waals surface area contributed by atoms with E-state index in [9.17, 15) is 19.7 Å². The molecule has 7 nitrogen and oxygen atoms in total. The van der Waals surface area contributed by atoms with E-state index in [0.717, 1.165) is 15.6 Å². The third-order valence-corrected chi connectivity index (χ3v) is 6.28. The molecule has 8 heteroatoms. The van der Waals surface area contributed by atoms with E-state index in [1.807, 2.05) is 68.4 Å². The van der Waals surface area contributed by atoms with Crippen LogP contribution in [0.2, 0.25) is 0 Å². The zero-order valence-electron chi connectivity index (χ0n) is 20.4. The fourth-order valence-corrected chi connectivity index (χ4v) is 4.13. The van der Waals surface area contributed by atoms with E-state index >= 15 is 0 Å². The Balaban J connectivity index is 1.99. The lowest BCUT2D eigenvalue weighted by molar-refractivity contribution is -0.385. The summed E-state index contributed by atoms with van der Waals surface area (Å²) in [5.74, 6) is -0.359. The topological polar surface area (TPSA) is 92.6 Å². The van der Waals surface area contributed by atoms with Crippen LogP contribution in [-0.2, 0) is 29.0 Å². The Kier molecular flexibility index (Phi) is 9.76. The van der Waals surface area contributed by atoms with Crippen LogP contribution in [0.1, 0.15) is 30.5 Å². The summed E-state index contributed by atoms with van der Waals surface area (Å²) < 4.78 is 0.902. The Labute approximate surface area is 219 Å². The van der Waals surface area contributed by atoms with Crippen LogP contribution in [0.4, 0.5) is 5.69 Å². The van der Waals surface area contributed by atoms with Crippen LogP contribution in [0.5, 0.6) is 0 Å². The molecule has 0 aliphatic carbocycles.